The van der Waals surface area contributed by atoms with Crippen LogP contribution in [0.5, 0.6) is 0 Å². The van der Waals surface area contributed by atoms with Crippen LogP contribution in [0.1, 0.15) is 21.6 Å². The van der Waals surface area contributed by atoms with Crippen LogP contribution in [0.15, 0.2) is 34.2 Å². The molecule has 0 spiro atoms. The Labute approximate surface area is 126 Å². The molecule has 1 aromatic carbocycles. The normalized spacial score (nSPS) is 11.8. The van der Waals surface area contributed by atoms with Gasteiger partial charge in [0.1, 0.15) is 0 Å². The van der Waals surface area contributed by atoms with Crippen LogP contribution in [0.4, 0.5) is 13.2 Å². The highest BCUT2D eigenvalue weighted by atomic mass is 35.5. The van der Waals surface area contributed by atoms with Gasteiger partial charge in [-0.05, 0) is 24.3 Å². The topological polar surface area (TPSA) is 90.1 Å². The second kappa shape index (κ2) is 6.06. The number of halogens is 4. The van der Waals surface area contributed by atoms with E-state index < -0.39 is 28.9 Å². The fourth-order valence-corrected chi connectivity index (χ4v) is 1.66. The lowest BCUT2D eigenvalue weighted by Gasteiger charge is -2.03. The Morgan fingerprint density at radius 2 is 1.86 bits per heavy atom. The van der Waals surface area contributed by atoms with E-state index in [0.717, 1.165) is 0 Å². The maximum absolute atomic E-state index is 12.6. The zero-order valence-corrected chi connectivity index (χ0v) is 11.4. The minimum Gasteiger partial charge on any atom is -0.293 e. The first-order chi connectivity index (χ1) is 10.3. The number of hydrazone groups is 1. The summed E-state index contributed by atoms with van der Waals surface area (Å²) < 4.78 is 37.8. The number of carbonyl (C=O) groups is 1. The average Bonchev–Trinajstić information content (AvgIpc) is 2.81. The lowest BCUT2D eigenvalue weighted by Crippen LogP contribution is -2.19. The third kappa shape index (κ3) is 3.55. The van der Waals surface area contributed by atoms with Crippen molar-refractivity contribution in [2.75, 3.05) is 0 Å². The van der Waals surface area contributed by atoms with Crippen molar-refractivity contribution in [1.29, 1.82) is 0 Å². The summed E-state index contributed by atoms with van der Waals surface area (Å²) in [5, 5.41) is 7.28. The molecule has 0 aliphatic carbocycles. The molecule has 2 rings (SSSR count). The lowest BCUT2D eigenvalue weighted by atomic mass is 10.2. The molecule has 1 amide bonds. The Morgan fingerprint density at radius 3 is 2.45 bits per heavy atom. The second-order valence-corrected chi connectivity index (χ2v) is 4.51. The van der Waals surface area contributed by atoms with E-state index >= 15 is 0 Å². The number of nitrogens with zero attached hydrogens (tertiary/aromatic N) is 1. The van der Waals surface area contributed by atoms with Gasteiger partial charge in [0.25, 0.3) is 11.5 Å². The molecule has 2 aromatic rings. The molecule has 0 aliphatic heterocycles. The number of aromatic amines is 2. The van der Waals surface area contributed by atoms with E-state index in [-0.39, 0.29) is 5.56 Å². The van der Waals surface area contributed by atoms with Gasteiger partial charge in [-0.3, -0.25) is 19.8 Å². The van der Waals surface area contributed by atoms with Gasteiger partial charge in [-0.25, -0.2) is 5.43 Å². The van der Waals surface area contributed by atoms with Crippen molar-refractivity contribution in [3.8, 4) is 0 Å². The van der Waals surface area contributed by atoms with Crippen LogP contribution in [0.2, 0.25) is 5.02 Å². The Balaban J connectivity index is 2.13. The van der Waals surface area contributed by atoms with E-state index in [0.29, 0.717) is 11.2 Å². The van der Waals surface area contributed by atoms with Crippen molar-refractivity contribution in [3.05, 3.63) is 56.5 Å². The van der Waals surface area contributed by atoms with Crippen molar-refractivity contribution < 1.29 is 18.0 Å². The molecule has 3 N–H and O–H groups in total. The minimum absolute atomic E-state index is 0.209. The molecule has 1 heterocycles. The molecule has 22 heavy (non-hydrogen) atoms. The zero-order valence-electron chi connectivity index (χ0n) is 10.7. The summed E-state index contributed by atoms with van der Waals surface area (Å²) in [5.41, 5.74) is -0.787. The number of benzene rings is 1. The van der Waals surface area contributed by atoms with E-state index in [2.05, 4.69) is 5.10 Å². The van der Waals surface area contributed by atoms with Gasteiger partial charge in [0.15, 0.2) is 5.69 Å². The molecule has 0 radical (unpaired) electrons. The van der Waals surface area contributed by atoms with Gasteiger partial charge < -0.3 is 0 Å². The molecule has 0 fully saturated rings. The summed E-state index contributed by atoms with van der Waals surface area (Å²) >= 11 is 5.66. The zero-order chi connectivity index (χ0) is 16.3. The standard InChI is InChI=1S/C12H8ClF3N4O2/c13-7-3-1-6(2-4-7)10(21)19-17-5-8-9(12(14,15)16)18-20-11(8)22/h1-5H,(H,19,21)(H2,18,20,22)/b17-5+. The summed E-state index contributed by atoms with van der Waals surface area (Å²) in [4.78, 5) is 22.9. The van der Waals surface area contributed by atoms with Crippen molar-refractivity contribution in [3.63, 3.8) is 0 Å². The van der Waals surface area contributed by atoms with Gasteiger partial charge in [-0.15, -0.1) is 0 Å². The van der Waals surface area contributed by atoms with Crippen LogP contribution in [-0.2, 0) is 6.18 Å². The fraction of sp³-hybridized carbons (Fsp3) is 0.0833. The number of nitrogens with one attached hydrogen (secondary N) is 3. The number of hydrogen-bond acceptors (Lipinski definition) is 3. The molecule has 116 valence electrons. The first-order valence-electron chi connectivity index (χ1n) is 5.76. The summed E-state index contributed by atoms with van der Waals surface area (Å²) in [7, 11) is 0. The molecule has 10 heteroatoms. The predicted molar refractivity (Wildman–Crippen MR) is 72.9 cm³/mol. The summed E-state index contributed by atoms with van der Waals surface area (Å²) in [5.74, 6) is -0.659. The SMILES string of the molecule is O=C(N/N=C/c1c(C(F)(F)F)[nH][nH]c1=O)c1ccc(Cl)cc1. The number of rotatable bonds is 3. The Hall–Kier alpha value is -2.55. The third-order valence-corrected chi connectivity index (χ3v) is 2.82. The highest BCUT2D eigenvalue weighted by Crippen LogP contribution is 2.27. The van der Waals surface area contributed by atoms with Gasteiger partial charge in [0, 0.05) is 10.6 Å². The molecule has 6 nitrogen and oxygen atoms in total. The first-order valence-corrected chi connectivity index (χ1v) is 6.13. The Bertz CT molecular complexity index is 762. The number of hydrogen-bond donors (Lipinski definition) is 3. The van der Waals surface area contributed by atoms with E-state index in [1.54, 1.807) is 10.2 Å². The molecule has 0 saturated carbocycles. The van der Waals surface area contributed by atoms with Gasteiger partial charge >= 0.3 is 6.18 Å². The molecule has 0 bridgehead atoms. The van der Waals surface area contributed by atoms with Crippen molar-refractivity contribution in [1.82, 2.24) is 15.6 Å². The molecule has 0 unspecified atom stereocenters. The molecule has 0 atom stereocenters. The average molecular weight is 333 g/mol. The van der Waals surface area contributed by atoms with Crippen molar-refractivity contribution >= 4 is 23.7 Å². The summed E-state index contributed by atoms with van der Waals surface area (Å²) in [6, 6.07) is 5.77. The summed E-state index contributed by atoms with van der Waals surface area (Å²) in [6.07, 6.45) is -4.13. The number of aromatic nitrogens is 2. The quantitative estimate of drug-likeness (QED) is 0.593. The maximum atomic E-state index is 12.6. The van der Waals surface area contributed by atoms with Crippen LogP contribution in [0.25, 0.3) is 0 Å². The van der Waals surface area contributed by atoms with Crippen LogP contribution >= 0.6 is 11.6 Å². The molecule has 1 aromatic heterocycles. The largest absolute Gasteiger partial charge is 0.433 e. The predicted octanol–water partition coefficient (Wildman–Crippen LogP) is 2.14. The van der Waals surface area contributed by atoms with Crippen LogP contribution in [0.3, 0.4) is 0 Å². The van der Waals surface area contributed by atoms with Crippen LogP contribution < -0.4 is 11.0 Å². The molecule has 0 aliphatic rings. The van der Waals surface area contributed by atoms with E-state index in [9.17, 15) is 22.8 Å². The van der Waals surface area contributed by atoms with Crippen molar-refractivity contribution in [2.45, 2.75) is 6.18 Å². The fourth-order valence-electron chi connectivity index (χ4n) is 1.54. The van der Waals surface area contributed by atoms with Gasteiger partial charge in [-0.1, -0.05) is 11.6 Å². The number of H-pyrrole nitrogens is 2. The Kier molecular flexibility index (Phi) is 4.36. The second-order valence-electron chi connectivity index (χ2n) is 4.07. The van der Waals surface area contributed by atoms with E-state index in [1.807, 2.05) is 5.43 Å². The summed E-state index contributed by atoms with van der Waals surface area (Å²) in [6.45, 7) is 0. The van der Waals surface area contributed by atoms with Crippen LogP contribution in [0, 0.1) is 0 Å². The highest BCUT2D eigenvalue weighted by molar-refractivity contribution is 6.30. The van der Waals surface area contributed by atoms with Gasteiger partial charge in [0.05, 0.1) is 11.8 Å². The van der Waals surface area contributed by atoms with E-state index in [1.165, 1.54) is 24.3 Å². The lowest BCUT2D eigenvalue weighted by molar-refractivity contribution is -0.141. The van der Waals surface area contributed by atoms with Crippen LogP contribution in [-0.4, -0.2) is 22.3 Å². The van der Waals surface area contributed by atoms with Gasteiger partial charge in [0.2, 0.25) is 0 Å². The van der Waals surface area contributed by atoms with E-state index in [4.69, 9.17) is 11.6 Å². The molecular formula is C12H8ClF3N4O2. The maximum Gasteiger partial charge on any atom is 0.433 e. The smallest absolute Gasteiger partial charge is 0.293 e. The molecular weight excluding hydrogens is 325 g/mol. The number of carbonyl (C=O) groups excluding carboxylic acids is 1. The highest BCUT2D eigenvalue weighted by Gasteiger charge is 2.36. The minimum atomic E-state index is -4.75. The third-order valence-electron chi connectivity index (χ3n) is 2.56. The monoisotopic (exact) mass is 332 g/mol. The van der Waals surface area contributed by atoms with Crippen molar-refractivity contribution in [2.24, 2.45) is 5.10 Å². The Morgan fingerprint density at radius 1 is 1.23 bits per heavy atom. The first kappa shape index (κ1) is 15.8. The number of alkyl halides is 3. The molecule has 0 saturated heterocycles. The number of amides is 1. The van der Waals surface area contributed by atoms with Gasteiger partial charge in [-0.2, -0.15) is 18.3 Å².